The molecule has 1 aromatic heterocycles. The largest absolute Gasteiger partial charge is 0.497 e. The highest BCUT2D eigenvalue weighted by Gasteiger charge is 2.16. The lowest BCUT2D eigenvalue weighted by molar-refractivity contribution is 0.415. The number of hydrogen-bond donors (Lipinski definition) is 0. The van der Waals surface area contributed by atoms with E-state index in [2.05, 4.69) is 0 Å². The molecule has 2 aromatic rings. The van der Waals surface area contributed by atoms with E-state index in [0.717, 1.165) is 34.5 Å². The number of hydrogen-bond acceptors (Lipinski definition) is 2. The smallest absolute Gasteiger partial charge is 0.121 e. The number of aryl methyl sites for hydroxylation is 1. The van der Waals surface area contributed by atoms with E-state index in [-0.39, 0.29) is 0 Å². The third-order valence-electron chi connectivity index (χ3n) is 3.40. The monoisotopic (exact) mass is 247 g/mol. The van der Waals surface area contributed by atoms with Crippen molar-refractivity contribution in [1.29, 1.82) is 0 Å². The topological polar surface area (TPSA) is 22.1 Å². The van der Waals surface area contributed by atoms with Crippen LogP contribution >= 0.6 is 11.6 Å². The van der Waals surface area contributed by atoms with Gasteiger partial charge in [0.05, 0.1) is 17.6 Å². The molecule has 0 spiro atoms. The molecule has 17 heavy (non-hydrogen) atoms. The van der Waals surface area contributed by atoms with Gasteiger partial charge in [0.25, 0.3) is 0 Å². The van der Waals surface area contributed by atoms with Gasteiger partial charge in [-0.1, -0.05) is 11.6 Å². The van der Waals surface area contributed by atoms with Crippen molar-refractivity contribution in [3.63, 3.8) is 0 Å². The molecule has 0 saturated heterocycles. The lowest BCUT2D eigenvalue weighted by Gasteiger charge is -2.17. The molecule has 0 fully saturated rings. The first-order valence-electron chi connectivity index (χ1n) is 5.94. The molecule has 0 amide bonds. The van der Waals surface area contributed by atoms with Crippen LogP contribution in [0.4, 0.5) is 0 Å². The highest BCUT2D eigenvalue weighted by atomic mass is 35.5. The van der Waals surface area contributed by atoms with Crippen LogP contribution in [-0.4, -0.2) is 12.1 Å². The second-order valence-corrected chi connectivity index (χ2v) is 4.82. The van der Waals surface area contributed by atoms with Crippen LogP contribution in [0.1, 0.15) is 24.1 Å². The highest BCUT2D eigenvalue weighted by molar-refractivity contribution is 6.36. The van der Waals surface area contributed by atoms with Crippen LogP contribution in [0.25, 0.3) is 10.9 Å². The molecule has 0 radical (unpaired) electrons. The molecule has 2 nitrogen and oxygen atoms in total. The Morgan fingerprint density at radius 3 is 2.88 bits per heavy atom. The van der Waals surface area contributed by atoms with Crippen molar-refractivity contribution < 1.29 is 4.74 Å². The van der Waals surface area contributed by atoms with Crippen molar-refractivity contribution in [3.05, 3.63) is 34.5 Å². The van der Waals surface area contributed by atoms with Gasteiger partial charge in [0.1, 0.15) is 5.75 Å². The Morgan fingerprint density at radius 1 is 1.24 bits per heavy atom. The van der Waals surface area contributed by atoms with E-state index in [1.807, 2.05) is 18.2 Å². The Balaban J connectivity index is 2.28. The summed E-state index contributed by atoms with van der Waals surface area (Å²) in [6.45, 7) is 0. The standard InChI is InChI=1S/C14H14ClNO/c1-17-9-6-7-11-13(8-9)16-12-5-3-2-4-10(12)14(11)15/h6-8H,2-5H2,1H3. The molecule has 0 bridgehead atoms. The molecule has 1 aliphatic carbocycles. The number of pyridine rings is 1. The molecule has 1 aliphatic rings. The van der Waals surface area contributed by atoms with Gasteiger partial charge in [0.15, 0.2) is 0 Å². The number of aromatic nitrogens is 1. The van der Waals surface area contributed by atoms with Crippen LogP contribution in [0, 0.1) is 0 Å². The molecule has 88 valence electrons. The van der Waals surface area contributed by atoms with Crippen LogP contribution < -0.4 is 4.74 Å². The fraction of sp³-hybridized carbons (Fsp3) is 0.357. The van der Waals surface area contributed by atoms with Gasteiger partial charge < -0.3 is 4.74 Å². The van der Waals surface area contributed by atoms with Gasteiger partial charge >= 0.3 is 0 Å². The quantitative estimate of drug-likeness (QED) is 0.765. The van der Waals surface area contributed by atoms with E-state index >= 15 is 0 Å². The first-order valence-corrected chi connectivity index (χ1v) is 6.32. The van der Waals surface area contributed by atoms with Crippen molar-refractivity contribution in [2.45, 2.75) is 25.7 Å². The second-order valence-electron chi connectivity index (χ2n) is 4.44. The zero-order valence-electron chi connectivity index (χ0n) is 9.79. The van der Waals surface area contributed by atoms with Crippen LogP contribution in [0.15, 0.2) is 18.2 Å². The third kappa shape index (κ3) is 1.77. The van der Waals surface area contributed by atoms with Gasteiger partial charge in [0.2, 0.25) is 0 Å². The van der Waals surface area contributed by atoms with E-state index in [4.69, 9.17) is 21.3 Å². The molecule has 3 heteroatoms. The first-order chi connectivity index (χ1) is 8.29. The Morgan fingerprint density at radius 2 is 2.06 bits per heavy atom. The Kier molecular flexibility index (Phi) is 2.67. The minimum absolute atomic E-state index is 0.830. The van der Waals surface area contributed by atoms with E-state index in [1.54, 1.807) is 7.11 Å². The molecule has 0 aliphatic heterocycles. The number of halogens is 1. The van der Waals surface area contributed by atoms with Gasteiger partial charge in [-0.05, 0) is 43.4 Å². The summed E-state index contributed by atoms with van der Waals surface area (Å²) in [6, 6.07) is 5.89. The van der Waals surface area contributed by atoms with Gasteiger partial charge in [-0.15, -0.1) is 0 Å². The SMILES string of the molecule is COc1ccc2c(Cl)c3c(nc2c1)CCCC3. The summed E-state index contributed by atoms with van der Waals surface area (Å²) in [7, 11) is 1.67. The molecule has 1 aromatic carbocycles. The Hall–Kier alpha value is -1.28. The lowest BCUT2D eigenvalue weighted by atomic mass is 9.94. The summed E-state index contributed by atoms with van der Waals surface area (Å²) in [4.78, 5) is 4.72. The fourth-order valence-electron chi connectivity index (χ4n) is 2.47. The van der Waals surface area contributed by atoms with E-state index < -0.39 is 0 Å². The van der Waals surface area contributed by atoms with E-state index in [9.17, 15) is 0 Å². The number of fused-ring (bicyclic) bond motifs is 2. The molecule has 0 unspecified atom stereocenters. The first kappa shape index (κ1) is 10.8. The maximum atomic E-state index is 6.47. The van der Waals surface area contributed by atoms with Gasteiger partial charge in [-0.25, -0.2) is 0 Å². The predicted molar refractivity (Wildman–Crippen MR) is 69.9 cm³/mol. The second kappa shape index (κ2) is 4.19. The Bertz CT molecular complexity index is 580. The third-order valence-corrected chi connectivity index (χ3v) is 3.83. The number of methoxy groups -OCH3 is 1. The molecular weight excluding hydrogens is 234 g/mol. The maximum Gasteiger partial charge on any atom is 0.121 e. The van der Waals surface area contributed by atoms with Gasteiger partial charge in [-0.2, -0.15) is 0 Å². The van der Waals surface area contributed by atoms with E-state index in [1.165, 1.54) is 24.1 Å². The van der Waals surface area contributed by atoms with Crippen LogP contribution in [0.2, 0.25) is 5.02 Å². The summed E-state index contributed by atoms with van der Waals surface area (Å²) in [6.07, 6.45) is 4.53. The number of rotatable bonds is 1. The molecule has 0 atom stereocenters. The summed E-state index contributed by atoms with van der Waals surface area (Å²) in [5.41, 5.74) is 3.35. The summed E-state index contributed by atoms with van der Waals surface area (Å²) in [5.74, 6) is 0.830. The summed E-state index contributed by atoms with van der Waals surface area (Å²) >= 11 is 6.47. The highest BCUT2D eigenvalue weighted by Crippen LogP contribution is 2.33. The van der Waals surface area contributed by atoms with Crippen LogP contribution in [0.3, 0.4) is 0 Å². The van der Waals surface area contributed by atoms with Crippen molar-refractivity contribution in [2.75, 3.05) is 7.11 Å². The molecular formula is C14H14ClNO. The molecule has 0 N–H and O–H groups in total. The van der Waals surface area contributed by atoms with Gasteiger partial charge in [0, 0.05) is 17.1 Å². The number of ether oxygens (including phenoxy) is 1. The molecule has 0 saturated carbocycles. The number of nitrogens with zero attached hydrogens (tertiary/aromatic N) is 1. The molecule has 1 heterocycles. The zero-order valence-corrected chi connectivity index (χ0v) is 10.5. The summed E-state index contributed by atoms with van der Waals surface area (Å²) < 4.78 is 5.22. The van der Waals surface area contributed by atoms with Crippen LogP contribution in [0.5, 0.6) is 5.75 Å². The van der Waals surface area contributed by atoms with Crippen molar-refractivity contribution >= 4 is 22.5 Å². The molecule has 3 rings (SSSR count). The van der Waals surface area contributed by atoms with Crippen molar-refractivity contribution in [3.8, 4) is 5.75 Å². The number of benzene rings is 1. The average molecular weight is 248 g/mol. The van der Waals surface area contributed by atoms with E-state index in [0.29, 0.717) is 0 Å². The fourth-order valence-corrected chi connectivity index (χ4v) is 2.84. The minimum Gasteiger partial charge on any atom is -0.497 e. The van der Waals surface area contributed by atoms with Gasteiger partial charge in [-0.3, -0.25) is 4.98 Å². The minimum atomic E-state index is 0.830. The average Bonchev–Trinajstić information content (AvgIpc) is 2.38. The van der Waals surface area contributed by atoms with Crippen molar-refractivity contribution in [2.24, 2.45) is 0 Å². The summed E-state index contributed by atoms with van der Waals surface area (Å²) in [5, 5.41) is 1.92. The van der Waals surface area contributed by atoms with Crippen LogP contribution in [-0.2, 0) is 12.8 Å². The normalized spacial score (nSPS) is 14.7. The lowest BCUT2D eigenvalue weighted by Crippen LogP contribution is -2.06. The maximum absolute atomic E-state index is 6.47. The predicted octanol–water partition coefficient (Wildman–Crippen LogP) is 3.78. The van der Waals surface area contributed by atoms with Crippen molar-refractivity contribution in [1.82, 2.24) is 4.98 Å². The zero-order chi connectivity index (χ0) is 11.8. The Labute approximate surface area is 106 Å².